The van der Waals surface area contributed by atoms with E-state index in [9.17, 15) is 28.3 Å². The molecule has 0 aliphatic carbocycles. The molecule has 4 rings (SSSR count). The molecule has 2 N–H and O–H groups in total. The van der Waals surface area contributed by atoms with Crippen molar-refractivity contribution >= 4 is 23.2 Å². The van der Waals surface area contributed by atoms with Crippen LogP contribution in [0.4, 0.5) is 8.78 Å². The third-order valence-electron chi connectivity index (χ3n) is 5.48. The second-order valence-corrected chi connectivity index (χ2v) is 8.81. The first-order chi connectivity index (χ1) is 16.8. The molecule has 0 unspecified atom stereocenters. The molecule has 2 amide bonds. The first-order valence-electron chi connectivity index (χ1n) is 10.6. The molecule has 1 aromatic carbocycles. The average molecular weight is 505 g/mol. The highest BCUT2D eigenvalue weighted by molar-refractivity contribution is 7.09. The number of hydrogen-bond donors (Lipinski definition) is 2. The molecular weight excluding hydrogens is 482 g/mol. The summed E-state index contributed by atoms with van der Waals surface area (Å²) in [5.41, 5.74) is -1.71. The summed E-state index contributed by atoms with van der Waals surface area (Å²) in [6, 6.07) is 6.68. The minimum atomic E-state index is -1.04. The van der Waals surface area contributed by atoms with Crippen LogP contribution in [-0.4, -0.2) is 53.4 Å². The van der Waals surface area contributed by atoms with Crippen molar-refractivity contribution in [2.24, 2.45) is 0 Å². The van der Waals surface area contributed by atoms with Gasteiger partial charge in [-0.3, -0.25) is 24.1 Å². The van der Waals surface area contributed by atoms with Crippen LogP contribution in [0, 0.1) is 11.6 Å². The van der Waals surface area contributed by atoms with Gasteiger partial charge in [0, 0.05) is 42.9 Å². The maximum Gasteiger partial charge on any atom is 0.277 e. The van der Waals surface area contributed by atoms with Gasteiger partial charge in [-0.2, -0.15) is 0 Å². The van der Waals surface area contributed by atoms with Gasteiger partial charge in [0.25, 0.3) is 11.8 Å². The van der Waals surface area contributed by atoms with Gasteiger partial charge in [-0.05, 0) is 17.5 Å². The molecule has 0 atom stereocenters. The number of aromatic nitrogens is 1. The van der Waals surface area contributed by atoms with Crippen molar-refractivity contribution < 1.29 is 28.2 Å². The van der Waals surface area contributed by atoms with Gasteiger partial charge >= 0.3 is 0 Å². The molecular formula is C23H22F2N4O5S. The van der Waals surface area contributed by atoms with E-state index in [-0.39, 0.29) is 37.6 Å². The predicted molar refractivity (Wildman–Crippen MR) is 124 cm³/mol. The number of carbonyl (C=O) groups is 2. The second kappa shape index (κ2) is 10.2. The fourth-order valence-corrected chi connectivity index (χ4v) is 4.38. The summed E-state index contributed by atoms with van der Waals surface area (Å²) in [6.07, 6.45) is 1.19. The number of aromatic hydroxyl groups is 1. The second-order valence-electron chi connectivity index (χ2n) is 7.78. The van der Waals surface area contributed by atoms with Crippen LogP contribution < -0.4 is 15.8 Å². The Morgan fingerprint density at radius 1 is 1.26 bits per heavy atom. The van der Waals surface area contributed by atoms with E-state index < -0.39 is 40.2 Å². The number of methoxy groups -OCH3 is 1. The van der Waals surface area contributed by atoms with E-state index in [2.05, 4.69) is 5.32 Å². The Bertz CT molecular complexity index is 1310. The first kappa shape index (κ1) is 24.4. The number of nitrogens with zero attached hydrogens (tertiary/aromatic N) is 3. The zero-order valence-electron chi connectivity index (χ0n) is 18.7. The number of ether oxygens (including phenoxy) is 1. The standard InChI is InChI=1S/C23H22F2N4O5S/c1-34-7-6-27-13-28(11-16-3-2-8-35-16)29-12-17(20(30)21(31)19(29)23(27)33)22(32)26-10-14-4-5-15(24)9-18(14)25/h2-5,8-9,12,31H,6-7,10-11,13H2,1H3,(H,26,32). The summed E-state index contributed by atoms with van der Waals surface area (Å²) in [7, 11) is 1.50. The Balaban J connectivity index is 1.68. The molecule has 12 heteroatoms. The number of hydrogen-bond acceptors (Lipinski definition) is 7. The number of thiophene rings is 1. The number of carbonyl (C=O) groups excluding carboxylic acids is 2. The van der Waals surface area contributed by atoms with E-state index in [1.165, 1.54) is 40.3 Å². The van der Waals surface area contributed by atoms with Crippen LogP contribution in [0.3, 0.4) is 0 Å². The zero-order valence-corrected chi connectivity index (χ0v) is 19.5. The molecule has 0 saturated carbocycles. The van der Waals surface area contributed by atoms with E-state index in [0.29, 0.717) is 12.6 Å². The van der Waals surface area contributed by atoms with Crippen LogP contribution >= 0.6 is 11.3 Å². The molecule has 0 radical (unpaired) electrons. The Morgan fingerprint density at radius 2 is 2.06 bits per heavy atom. The minimum absolute atomic E-state index is 0.0188. The molecule has 35 heavy (non-hydrogen) atoms. The van der Waals surface area contributed by atoms with Crippen molar-refractivity contribution in [3.8, 4) is 5.75 Å². The summed E-state index contributed by atoms with van der Waals surface area (Å²) in [5.74, 6) is -3.94. The van der Waals surface area contributed by atoms with Crippen LogP contribution in [0.15, 0.2) is 46.7 Å². The molecule has 3 aromatic rings. The van der Waals surface area contributed by atoms with Gasteiger partial charge in [0.15, 0.2) is 11.4 Å². The highest BCUT2D eigenvalue weighted by Crippen LogP contribution is 2.23. The largest absolute Gasteiger partial charge is 0.502 e. The maximum absolute atomic E-state index is 13.9. The molecule has 0 fully saturated rings. The molecule has 9 nitrogen and oxygen atoms in total. The molecule has 0 bridgehead atoms. The number of amides is 2. The molecule has 184 valence electrons. The van der Waals surface area contributed by atoms with E-state index in [0.717, 1.165) is 10.9 Å². The SMILES string of the molecule is COCCN1CN(Cc2cccs2)n2cc(C(=O)NCc3ccc(F)cc3F)c(=O)c(O)c2C1=O. The van der Waals surface area contributed by atoms with Crippen LogP contribution in [0.2, 0.25) is 0 Å². The lowest BCUT2D eigenvalue weighted by Crippen LogP contribution is -2.54. The Hall–Kier alpha value is -3.77. The maximum atomic E-state index is 13.9. The van der Waals surface area contributed by atoms with Crippen molar-refractivity contribution in [2.45, 2.75) is 13.1 Å². The number of benzene rings is 1. The summed E-state index contributed by atoms with van der Waals surface area (Å²) in [5, 5.41) is 16.7. The van der Waals surface area contributed by atoms with Gasteiger partial charge in [0.05, 0.1) is 13.2 Å². The number of halogens is 2. The van der Waals surface area contributed by atoms with Crippen LogP contribution in [0.5, 0.6) is 5.75 Å². The molecule has 0 saturated heterocycles. The molecule has 3 heterocycles. The van der Waals surface area contributed by atoms with Crippen molar-refractivity contribution in [3.63, 3.8) is 0 Å². The fraction of sp³-hybridized carbons (Fsp3) is 0.261. The Kier molecular flexibility index (Phi) is 7.12. The Labute approximate surface area is 202 Å². The number of rotatable bonds is 8. The van der Waals surface area contributed by atoms with Gasteiger partial charge in [-0.1, -0.05) is 12.1 Å². The highest BCUT2D eigenvalue weighted by Gasteiger charge is 2.34. The number of nitrogens with one attached hydrogen (secondary N) is 1. The fourth-order valence-electron chi connectivity index (χ4n) is 3.67. The normalized spacial score (nSPS) is 13.2. The van der Waals surface area contributed by atoms with Gasteiger partial charge in [0.1, 0.15) is 23.9 Å². The van der Waals surface area contributed by atoms with Crippen LogP contribution in [0.1, 0.15) is 31.3 Å². The molecule has 1 aliphatic heterocycles. The average Bonchev–Trinajstić information content (AvgIpc) is 3.34. The van der Waals surface area contributed by atoms with Crippen molar-refractivity contribution in [1.82, 2.24) is 14.9 Å². The van der Waals surface area contributed by atoms with Crippen molar-refractivity contribution in [2.75, 3.05) is 31.9 Å². The van der Waals surface area contributed by atoms with E-state index in [1.54, 1.807) is 5.01 Å². The van der Waals surface area contributed by atoms with Gasteiger partial charge in [-0.15, -0.1) is 11.3 Å². The lowest BCUT2D eigenvalue weighted by Gasteiger charge is -2.39. The van der Waals surface area contributed by atoms with Gasteiger partial charge in [-0.25, -0.2) is 8.78 Å². The topological polar surface area (TPSA) is 104 Å². The highest BCUT2D eigenvalue weighted by atomic mass is 32.1. The quantitative estimate of drug-likeness (QED) is 0.487. The lowest BCUT2D eigenvalue weighted by atomic mass is 10.1. The zero-order chi connectivity index (χ0) is 25.1. The number of fused-ring (bicyclic) bond motifs is 1. The summed E-state index contributed by atoms with van der Waals surface area (Å²) in [4.78, 5) is 41.1. The molecule has 2 aromatic heterocycles. The first-order valence-corrected chi connectivity index (χ1v) is 11.4. The summed E-state index contributed by atoms with van der Waals surface area (Å²) >= 11 is 1.49. The molecule has 0 spiro atoms. The summed E-state index contributed by atoms with van der Waals surface area (Å²) < 4.78 is 33.4. The third-order valence-corrected chi connectivity index (χ3v) is 6.34. The number of pyridine rings is 1. The smallest absolute Gasteiger partial charge is 0.277 e. The Morgan fingerprint density at radius 3 is 2.74 bits per heavy atom. The van der Waals surface area contributed by atoms with Crippen molar-refractivity contribution in [3.05, 3.63) is 85.5 Å². The van der Waals surface area contributed by atoms with E-state index in [1.807, 2.05) is 17.5 Å². The minimum Gasteiger partial charge on any atom is -0.502 e. The van der Waals surface area contributed by atoms with Gasteiger partial charge < -0.3 is 20.1 Å². The third kappa shape index (κ3) is 5.03. The predicted octanol–water partition coefficient (Wildman–Crippen LogP) is 2.02. The van der Waals surface area contributed by atoms with Crippen molar-refractivity contribution in [1.29, 1.82) is 0 Å². The van der Waals surface area contributed by atoms with E-state index >= 15 is 0 Å². The lowest BCUT2D eigenvalue weighted by molar-refractivity contribution is 0.0619. The monoisotopic (exact) mass is 504 g/mol. The van der Waals surface area contributed by atoms with E-state index in [4.69, 9.17) is 4.74 Å². The molecule has 1 aliphatic rings. The van der Waals surface area contributed by atoms with Crippen LogP contribution in [0.25, 0.3) is 0 Å². The van der Waals surface area contributed by atoms with Gasteiger partial charge in [0.2, 0.25) is 5.43 Å². The van der Waals surface area contributed by atoms with Crippen LogP contribution in [-0.2, 0) is 17.8 Å². The summed E-state index contributed by atoms with van der Waals surface area (Å²) in [6.45, 7) is 0.637.